The lowest BCUT2D eigenvalue weighted by atomic mass is 10.1. The summed E-state index contributed by atoms with van der Waals surface area (Å²) in [4.78, 5) is 13.6. The van der Waals surface area contributed by atoms with Crippen LogP contribution in [0.1, 0.15) is 11.1 Å². The summed E-state index contributed by atoms with van der Waals surface area (Å²) in [6.07, 6.45) is 6.46. The van der Waals surface area contributed by atoms with E-state index in [9.17, 15) is 13.2 Å². The molecule has 1 aromatic heterocycles. The van der Waals surface area contributed by atoms with Crippen LogP contribution in [0.3, 0.4) is 0 Å². The molecule has 4 aromatic rings. The van der Waals surface area contributed by atoms with Crippen LogP contribution in [-0.2, 0) is 27.5 Å². The average molecular weight is 526 g/mol. The highest BCUT2D eigenvalue weighted by atomic mass is 32.2. The van der Waals surface area contributed by atoms with Crippen LogP contribution in [0.25, 0.3) is 33.5 Å². The van der Waals surface area contributed by atoms with E-state index in [0.717, 1.165) is 28.4 Å². The van der Waals surface area contributed by atoms with Gasteiger partial charge in [-0.25, -0.2) is 4.68 Å². The first kappa shape index (κ1) is 23.8. The van der Waals surface area contributed by atoms with Crippen molar-refractivity contribution in [2.24, 2.45) is 0 Å². The predicted octanol–water partition coefficient (Wildman–Crippen LogP) is 4.00. The van der Waals surface area contributed by atoms with Gasteiger partial charge in [-0.1, -0.05) is 48.5 Å². The molecule has 190 valence electrons. The average Bonchev–Trinajstić information content (AvgIpc) is 3.57. The molecule has 6 rings (SSSR count). The Hall–Kier alpha value is -4.54. The lowest BCUT2D eigenvalue weighted by Gasteiger charge is -2.14. The first-order chi connectivity index (χ1) is 18.4. The third kappa shape index (κ3) is 4.51. The molecule has 0 fully saturated rings. The van der Waals surface area contributed by atoms with Crippen LogP contribution in [-0.4, -0.2) is 38.8 Å². The van der Waals surface area contributed by atoms with Gasteiger partial charge in [0.1, 0.15) is 5.69 Å². The third-order valence-electron chi connectivity index (χ3n) is 6.34. The number of para-hydroxylation sites is 2. The summed E-state index contributed by atoms with van der Waals surface area (Å²) in [5.41, 5.74) is 4.74. The summed E-state index contributed by atoms with van der Waals surface area (Å²) in [7, 11) is -3.65. The van der Waals surface area contributed by atoms with Crippen LogP contribution < -0.4 is 5.56 Å². The highest BCUT2D eigenvalue weighted by Crippen LogP contribution is 2.29. The Bertz CT molecular complexity index is 1890. The van der Waals surface area contributed by atoms with Crippen molar-refractivity contribution in [1.29, 1.82) is 0 Å². The third-order valence-corrected chi connectivity index (χ3v) is 6.88. The molecule has 38 heavy (non-hydrogen) atoms. The van der Waals surface area contributed by atoms with Crippen LogP contribution in [0, 0.1) is 0 Å². The second-order valence-corrected chi connectivity index (χ2v) is 10.6. The van der Waals surface area contributed by atoms with Gasteiger partial charge in [0.15, 0.2) is 0 Å². The van der Waals surface area contributed by atoms with Gasteiger partial charge in [-0.3, -0.25) is 8.98 Å². The topological polar surface area (TPSA) is 101 Å². The smallest absolute Gasteiger partial charge is 0.282 e. The van der Waals surface area contributed by atoms with Crippen LogP contribution in [0.4, 0.5) is 0 Å². The van der Waals surface area contributed by atoms with Gasteiger partial charge in [0.2, 0.25) is 0 Å². The van der Waals surface area contributed by atoms with Gasteiger partial charge in [-0.15, -0.1) is 0 Å². The van der Waals surface area contributed by atoms with Crippen molar-refractivity contribution in [3.05, 3.63) is 119 Å². The number of pyridine rings is 1. The maximum Gasteiger partial charge on any atom is 0.282 e. The first-order valence-electron chi connectivity index (χ1n) is 11.9. The predicted molar refractivity (Wildman–Crippen MR) is 144 cm³/mol. The van der Waals surface area contributed by atoms with Gasteiger partial charge in [-0.05, 0) is 35.9 Å². The van der Waals surface area contributed by atoms with E-state index in [1.807, 2.05) is 71.6 Å². The molecule has 9 nitrogen and oxygen atoms in total. The van der Waals surface area contributed by atoms with Crippen molar-refractivity contribution in [1.82, 2.24) is 24.1 Å². The van der Waals surface area contributed by atoms with E-state index in [4.69, 9.17) is 4.18 Å². The molecule has 0 aliphatic carbocycles. The SMILES string of the molecule is CS(=O)(=O)OCc1ccccc1-n1nc2c3ccccc3n(Cc3ccc(-n4cccn4)cc3)cc-2c1=O. The number of benzene rings is 3. The Morgan fingerprint density at radius 1 is 0.921 bits per heavy atom. The molecule has 0 radical (unpaired) electrons. The highest BCUT2D eigenvalue weighted by molar-refractivity contribution is 7.85. The van der Waals surface area contributed by atoms with Crippen molar-refractivity contribution in [2.45, 2.75) is 13.2 Å². The summed E-state index contributed by atoms with van der Waals surface area (Å²) < 4.78 is 33.3. The van der Waals surface area contributed by atoms with E-state index in [1.54, 1.807) is 35.1 Å². The van der Waals surface area contributed by atoms with Gasteiger partial charge in [0.05, 0.1) is 35.3 Å². The number of nitrogens with zero attached hydrogens (tertiary/aromatic N) is 5. The molecule has 3 aromatic carbocycles. The largest absolute Gasteiger partial charge is 0.342 e. The molecule has 0 bridgehead atoms. The zero-order valence-electron chi connectivity index (χ0n) is 20.4. The molecule has 2 aliphatic heterocycles. The maximum atomic E-state index is 13.6. The van der Waals surface area contributed by atoms with Crippen molar-refractivity contribution in [3.8, 4) is 22.6 Å². The van der Waals surface area contributed by atoms with E-state index >= 15 is 0 Å². The van der Waals surface area contributed by atoms with E-state index < -0.39 is 10.1 Å². The Morgan fingerprint density at radius 3 is 2.45 bits per heavy atom. The summed E-state index contributed by atoms with van der Waals surface area (Å²) in [5.74, 6) is 0. The highest BCUT2D eigenvalue weighted by Gasteiger charge is 2.22. The van der Waals surface area contributed by atoms with Gasteiger partial charge in [-0.2, -0.15) is 23.3 Å². The van der Waals surface area contributed by atoms with Gasteiger partial charge in [0, 0.05) is 36.1 Å². The van der Waals surface area contributed by atoms with Crippen molar-refractivity contribution in [2.75, 3.05) is 6.26 Å². The monoisotopic (exact) mass is 525 g/mol. The van der Waals surface area contributed by atoms with Gasteiger partial charge < -0.3 is 4.57 Å². The van der Waals surface area contributed by atoms with Crippen LogP contribution >= 0.6 is 0 Å². The standard InChI is InChI=1S/C28H23N5O4S/c1-38(35,36)37-19-21-7-2-4-9-25(21)33-28(34)24-18-31(26-10-5-3-8-23(26)27(24)30-33)17-20-11-13-22(14-12-20)32-16-6-15-29-32/h2-16,18H,17,19H2,1H3. The van der Waals surface area contributed by atoms with Crippen LogP contribution in [0.5, 0.6) is 0 Å². The minimum atomic E-state index is -3.65. The first-order valence-corrected chi connectivity index (χ1v) is 13.7. The molecule has 0 spiro atoms. The molecule has 0 unspecified atom stereocenters. The normalized spacial score (nSPS) is 11.9. The lowest BCUT2D eigenvalue weighted by molar-refractivity contribution is 0.311. The quantitative estimate of drug-likeness (QED) is 0.292. The van der Waals surface area contributed by atoms with Crippen LogP contribution in [0.15, 0.2) is 102 Å². The maximum absolute atomic E-state index is 13.6. The second-order valence-electron chi connectivity index (χ2n) is 8.97. The summed E-state index contributed by atoms with van der Waals surface area (Å²) >= 11 is 0. The van der Waals surface area contributed by atoms with E-state index in [2.05, 4.69) is 10.2 Å². The summed E-state index contributed by atoms with van der Waals surface area (Å²) in [6, 6.07) is 24.8. The zero-order valence-corrected chi connectivity index (χ0v) is 21.2. The molecule has 2 aliphatic rings. The van der Waals surface area contributed by atoms with E-state index in [1.165, 1.54) is 4.68 Å². The Balaban J connectivity index is 1.44. The molecule has 0 atom stereocenters. The number of fused-ring (bicyclic) bond motifs is 3. The molecule has 10 heteroatoms. The minimum absolute atomic E-state index is 0.195. The Morgan fingerprint density at radius 2 is 1.68 bits per heavy atom. The van der Waals surface area contributed by atoms with Crippen molar-refractivity contribution < 1.29 is 12.6 Å². The summed E-state index contributed by atoms with van der Waals surface area (Å²) in [5, 5.41) is 9.80. The minimum Gasteiger partial charge on any atom is -0.342 e. The van der Waals surface area contributed by atoms with E-state index in [0.29, 0.717) is 29.1 Å². The Kier molecular flexibility index (Phi) is 5.90. The fraction of sp³-hybridized carbons (Fsp3) is 0.107. The fourth-order valence-corrected chi connectivity index (χ4v) is 4.90. The zero-order chi connectivity index (χ0) is 26.3. The molecule has 0 N–H and O–H groups in total. The second kappa shape index (κ2) is 9.40. The number of hydrogen-bond donors (Lipinski definition) is 0. The molecule has 3 heterocycles. The number of rotatable bonds is 7. The van der Waals surface area contributed by atoms with Crippen molar-refractivity contribution >= 4 is 21.0 Å². The van der Waals surface area contributed by atoms with Gasteiger partial charge >= 0.3 is 0 Å². The van der Waals surface area contributed by atoms with Crippen molar-refractivity contribution in [3.63, 3.8) is 0 Å². The number of hydrogen-bond acceptors (Lipinski definition) is 6. The van der Waals surface area contributed by atoms with Gasteiger partial charge in [0.25, 0.3) is 15.7 Å². The fourth-order valence-electron chi connectivity index (χ4n) is 4.56. The molecule has 0 saturated carbocycles. The Labute approximate surface area is 218 Å². The van der Waals surface area contributed by atoms with E-state index in [-0.39, 0.29) is 12.2 Å². The number of aromatic nitrogens is 5. The molecular weight excluding hydrogens is 502 g/mol. The molecule has 0 saturated heterocycles. The molecule has 0 amide bonds. The lowest BCUT2D eigenvalue weighted by Crippen LogP contribution is -2.17. The summed E-state index contributed by atoms with van der Waals surface area (Å²) in [6.45, 7) is 0.360. The van der Waals surface area contributed by atoms with Crippen LogP contribution in [0.2, 0.25) is 0 Å². The molecular formula is C28H23N5O4S.